The Labute approximate surface area is 177 Å². The van der Waals surface area contributed by atoms with Crippen molar-refractivity contribution in [1.29, 1.82) is 0 Å². The molecule has 0 radical (unpaired) electrons. The molecule has 0 aliphatic rings. The molecule has 0 bridgehead atoms. The third-order valence-corrected chi connectivity index (χ3v) is 4.58. The summed E-state index contributed by atoms with van der Waals surface area (Å²) < 4.78 is 12.2. The van der Waals surface area contributed by atoms with Crippen molar-refractivity contribution in [3.05, 3.63) is 70.7 Å². The van der Waals surface area contributed by atoms with Crippen molar-refractivity contribution in [3.63, 3.8) is 0 Å². The highest BCUT2D eigenvalue weighted by atomic mass is 79.9. The number of nitrogens with one attached hydrogen (secondary N) is 1. The summed E-state index contributed by atoms with van der Waals surface area (Å²) in [5.74, 6) is 3.27. The lowest BCUT2D eigenvalue weighted by molar-refractivity contribution is -0.127. The van der Waals surface area contributed by atoms with E-state index < -0.39 is 6.10 Å². The first kappa shape index (κ1) is 20.4. The fraction of sp³-hybridized carbons (Fsp3) is 0.130. The van der Waals surface area contributed by atoms with E-state index in [1.165, 1.54) is 6.21 Å². The maximum Gasteiger partial charge on any atom is 0.280 e. The van der Waals surface area contributed by atoms with E-state index in [2.05, 4.69) is 32.4 Å². The topological polar surface area (TPSA) is 59.9 Å². The maximum absolute atomic E-state index is 12.4. The molecule has 6 heteroatoms. The lowest BCUT2D eigenvalue weighted by atomic mass is 10.1. The van der Waals surface area contributed by atoms with Gasteiger partial charge in [0.2, 0.25) is 0 Å². The number of hydrogen-bond acceptors (Lipinski definition) is 4. The first-order valence-corrected chi connectivity index (χ1v) is 9.71. The molecule has 0 heterocycles. The molecule has 3 aromatic rings. The quantitative estimate of drug-likeness (QED) is 0.326. The maximum atomic E-state index is 12.4. The zero-order valence-electron chi connectivity index (χ0n) is 15.8. The highest BCUT2D eigenvalue weighted by molar-refractivity contribution is 9.10. The minimum atomic E-state index is -0.724. The van der Waals surface area contributed by atoms with E-state index in [0.717, 1.165) is 15.2 Å². The number of hydrogen-bond donors (Lipinski definition) is 1. The van der Waals surface area contributed by atoms with Crippen LogP contribution in [-0.2, 0) is 4.79 Å². The summed E-state index contributed by atoms with van der Waals surface area (Å²) in [4.78, 5) is 12.4. The number of terminal acetylenes is 1. The Kier molecular flexibility index (Phi) is 6.88. The molecule has 5 nitrogen and oxygen atoms in total. The number of carbonyl (C=O) groups is 1. The highest BCUT2D eigenvalue weighted by Crippen LogP contribution is 2.26. The Hall–Kier alpha value is -3.30. The Balaban J connectivity index is 1.66. The molecule has 3 rings (SSSR count). The number of amides is 1. The van der Waals surface area contributed by atoms with E-state index in [1.54, 1.807) is 13.0 Å². The largest absolute Gasteiger partial charge is 0.480 e. The SMILES string of the molecule is C#CCOc1ccc(Br)cc1C=NNC(=O)[C@H](C)Oc1cccc2ccccc12. The normalized spacial score (nSPS) is 11.8. The van der Waals surface area contributed by atoms with Crippen LogP contribution < -0.4 is 14.9 Å². The predicted molar refractivity (Wildman–Crippen MR) is 118 cm³/mol. The van der Waals surface area contributed by atoms with Gasteiger partial charge < -0.3 is 9.47 Å². The second-order valence-corrected chi connectivity index (χ2v) is 7.06. The lowest BCUT2D eigenvalue weighted by Crippen LogP contribution is -2.33. The van der Waals surface area contributed by atoms with Gasteiger partial charge >= 0.3 is 0 Å². The Morgan fingerprint density at radius 3 is 2.83 bits per heavy atom. The summed E-state index contributed by atoms with van der Waals surface area (Å²) in [5, 5.41) is 6.01. The van der Waals surface area contributed by atoms with Crippen molar-refractivity contribution < 1.29 is 14.3 Å². The number of rotatable bonds is 7. The molecule has 0 fully saturated rings. The van der Waals surface area contributed by atoms with Gasteiger partial charge in [0.05, 0.1) is 6.21 Å². The number of fused-ring (bicyclic) bond motifs is 1. The molecule has 0 saturated heterocycles. The van der Waals surface area contributed by atoms with Crippen molar-refractivity contribution in [2.75, 3.05) is 6.61 Å². The number of nitrogens with zero attached hydrogens (tertiary/aromatic N) is 1. The fourth-order valence-corrected chi connectivity index (χ4v) is 3.05. The van der Waals surface area contributed by atoms with Crippen molar-refractivity contribution in [1.82, 2.24) is 5.43 Å². The van der Waals surface area contributed by atoms with Gasteiger partial charge in [0.1, 0.15) is 18.1 Å². The van der Waals surface area contributed by atoms with Crippen molar-refractivity contribution in [2.45, 2.75) is 13.0 Å². The van der Waals surface area contributed by atoms with E-state index in [0.29, 0.717) is 17.1 Å². The van der Waals surface area contributed by atoms with Gasteiger partial charge in [-0.25, -0.2) is 5.43 Å². The summed E-state index contributed by atoms with van der Waals surface area (Å²) >= 11 is 3.40. The summed E-state index contributed by atoms with van der Waals surface area (Å²) in [6, 6.07) is 19.0. The van der Waals surface area contributed by atoms with Crippen LogP contribution >= 0.6 is 15.9 Å². The zero-order chi connectivity index (χ0) is 20.6. The Bertz CT molecular complexity index is 1080. The number of ether oxygens (including phenoxy) is 2. The molecule has 0 unspecified atom stereocenters. The summed E-state index contributed by atoms with van der Waals surface area (Å²) in [5.41, 5.74) is 3.17. The van der Waals surface area contributed by atoms with E-state index in [9.17, 15) is 4.79 Å². The van der Waals surface area contributed by atoms with Gasteiger partial charge in [0, 0.05) is 15.4 Å². The van der Waals surface area contributed by atoms with Gasteiger partial charge in [-0.3, -0.25) is 4.79 Å². The fourth-order valence-electron chi connectivity index (χ4n) is 2.67. The van der Waals surface area contributed by atoms with Crippen LogP contribution in [0.15, 0.2) is 70.2 Å². The van der Waals surface area contributed by atoms with Crippen LogP contribution in [0.2, 0.25) is 0 Å². The minimum absolute atomic E-state index is 0.144. The van der Waals surface area contributed by atoms with E-state index in [-0.39, 0.29) is 12.5 Å². The second kappa shape index (κ2) is 9.76. The predicted octanol–water partition coefficient (Wildman–Crippen LogP) is 4.53. The van der Waals surface area contributed by atoms with Crippen LogP contribution in [0.4, 0.5) is 0 Å². The summed E-state index contributed by atoms with van der Waals surface area (Å²) in [7, 11) is 0. The number of halogens is 1. The molecule has 1 N–H and O–H groups in total. The van der Waals surface area contributed by atoms with Crippen molar-refractivity contribution in [3.8, 4) is 23.8 Å². The molecular weight excluding hydrogens is 432 g/mol. The van der Waals surface area contributed by atoms with Crippen LogP contribution in [0.3, 0.4) is 0 Å². The molecular formula is C23H19BrN2O3. The highest BCUT2D eigenvalue weighted by Gasteiger charge is 2.15. The first-order valence-electron chi connectivity index (χ1n) is 8.91. The molecule has 29 heavy (non-hydrogen) atoms. The van der Waals surface area contributed by atoms with E-state index >= 15 is 0 Å². The second-order valence-electron chi connectivity index (χ2n) is 6.15. The minimum Gasteiger partial charge on any atom is -0.480 e. The molecule has 0 aliphatic heterocycles. The monoisotopic (exact) mass is 450 g/mol. The summed E-state index contributed by atoms with van der Waals surface area (Å²) in [6.07, 6.45) is 6.01. The molecule has 1 atom stereocenters. The molecule has 0 spiro atoms. The lowest BCUT2D eigenvalue weighted by Gasteiger charge is -2.14. The average Bonchev–Trinajstić information content (AvgIpc) is 2.73. The number of carbonyl (C=O) groups excluding carboxylic acids is 1. The van der Waals surface area contributed by atoms with Crippen LogP contribution in [0, 0.1) is 12.3 Å². The van der Waals surface area contributed by atoms with Gasteiger partial charge in [-0.2, -0.15) is 5.10 Å². The van der Waals surface area contributed by atoms with E-state index in [1.807, 2.05) is 54.6 Å². The Morgan fingerprint density at radius 1 is 1.21 bits per heavy atom. The van der Waals surface area contributed by atoms with Gasteiger partial charge in [-0.05, 0) is 36.6 Å². The Morgan fingerprint density at radius 2 is 2.00 bits per heavy atom. The van der Waals surface area contributed by atoms with E-state index in [4.69, 9.17) is 15.9 Å². The molecule has 146 valence electrons. The van der Waals surface area contributed by atoms with Gasteiger partial charge in [0.15, 0.2) is 6.10 Å². The zero-order valence-corrected chi connectivity index (χ0v) is 17.3. The van der Waals surface area contributed by atoms with Crippen molar-refractivity contribution >= 4 is 38.8 Å². The third-order valence-electron chi connectivity index (χ3n) is 4.08. The molecule has 0 saturated carbocycles. The van der Waals surface area contributed by atoms with Crippen LogP contribution in [-0.4, -0.2) is 24.8 Å². The van der Waals surface area contributed by atoms with Crippen molar-refractivity contribution in [2.24, 2.45) is 5.10 Å². The molecule has 1 amide bonds. The number of benzene rings is 3. The van der Waals surface area contributed by atoms with Gasteiger partial charge in [-0.1, -0.05) is 58.2 Å². The van der Waals surface area contributed by atoms with Crippen LogP contribution in [0.1, 0.15) is 12.5 Å². The van der Waals surface area contributed by atoms with Gasteiger partial charge in [-0.15, -0.1) is 6.42 Å². The first-order chi connectivity index (χ1) is 14.1. The summed E-state index contributed by atoms with van der Waals surface area (Å²) in [6.45, 7) is 1.82. The smallest absolute Gasteiger partial charge is 0.280 e. The molecule has 0 aromatic heterocycles. The molecule has 0 aliphatic carbocycles. The average molecular weight is 451 g/mol. The van der Waals surface area contributed by atoms with Crippen LogP contribution in [0.25, 0.3) is 10.8 Å². The standard InChI is InChI=1S/C23H19BrN2O3/c1-3-13-28-21-12-11-19(24)14-18(21)15-25-26-23(27)16(2)29-22-10-6-8-17-7-4-5-9-20(17)22/h1,4-12,14-16H,13H2,2H3,(H,26,27)/t16-/m0/s1. The molecule has 3 aromatic carbocycles. The third kappa shape index (κ3) is 5.37. The van der Waals surface area contributed by atoms with Gasteiger partial charge in [0.25, 0.3) is 5.91 Å². The number of hydrazone groups is 1. The van der Waals surface area contributed by atoms with Crippen LogP contribution in [0.5, 0.6) is 11.5 Å².